The normalized spacial score (nSPS) is 20.8. The molecule has 1 fully saturated rings. The molecule has 100 valence electrons. The summed E-state index contributed by atoms with van der Waals surface area (Å²) in [6.45, 7) is 2.55. The molecule has 1 saturated heterocycles. The molecular weight excluding hydrogens is 266 g/mol. The number of hydrogen-bond donors (Lipinski definition) is 1. The Hall–Kier alpha value is -0.450. The summed E-state index contributed by atoms with van der Waals surface area (Å²) in [7, 11) is 0. The first-order valence-corrected chi connectivity index (χ1v) is 8.04. The lowest BCUT2D eigenvalue weighted by Crippen LogP contribution is -2.25. The molecule has 0 amide bonds. The van der Waals surface area contributed by atoms with Gasteiger partial charge in [0.05, 0.1) is 10.7 Å². The Bertz CT molecular complexity index is 400. The smallest absolute Gasteiger partial charge is 0.128 e. The van der Waals surface area contributed by atoms with Crippen molar-refractivity contribution >= 4 is 29.2 Å². The van der Waals surface area contributed by atoms with Crippen molar-refractivity contribution in [2.24, 2.45) is 5.73 Å². The molecule has 1 atom stereocenters. The minimum absolute atomic E-state index is 0.397. The second-order valence-corrected chi connectivity index (χ2v) is 6.12. The van der Waals surface area contributed by atoms with Gasteiger partial charge in [0, 0.05) is 24.9 Å². The van der Waals surface area contributed by atoms with Crippen LogP contribution in [-0.2, 0) is 6.54 Å². The van der Waals surface area contributed by atoms with Gasteiger partial charge in [0.2, 0.25) is 0 Å². The average Bonchev–Trinajstić information content (AvgIpc) is 2.64. The molecule has 0 spiro atoms. The minimum atomic E-state index is 0.397. The fourth-order valence-electron chi connectivity index (χ4n) is 2.32. The molecule has 0 bridgehead atoms. The van der Waals surface area contributed by atoms with Crippen LogP contribution in [0.2, 0.25) is 5.02 Å². The maximum atomic E-state index is 6.05. The Balaban J connectivity index is 2.11. The Labute approximate surface area is 118 Å². The van der Waals surface area contributed by atoms with Gasteiger partial charge in [-0.05, 0) is 37.7 Å². The van der Waals surface area contributed by atoms with Crippen LogP contribution in [0.1, 0.15) is 25.0 Å². The van der Waals surface area contributed by atoms with Gasteiger partial charge in [0.25, 0.3) is 0 Å². The Kier molecular flexibility index (Phi) is 5.15. The van der Waals surface area contributed by atoms with Crippen molar-refractivity contribution in [3.63, 3.8) is 0 Å². The molecule has 1 aromatic heterocycles. The van der Waals surface area contributed by atoms with Crippen LogP contribution in [0.3, 0.4) is 0 Å². The molecule has 5 heteroatoms. The molecule has 1 aromatic rings. The van der Waals surface area contributed by atoms with Gasteiger partial charge in [-0.25, -0.2) is 4.98 Å². The molecule has 0 aliphatic carbocycles. The fraction of sp³-hybridized carbons (Fsp3) is 0.615. The number of anilines is 1. The predicted molar refractivity (Wildman–Crippen MR) is 80.5 cm³/mol. The van der Waals surface area contributed by atoms with Crippen LogP contribution in [0.15, 0.2) is 12.1 Å². The van der Waals surface area contributed by atoms with E-state index in [1.165, 1.54) is 19.3 Å². The first-order valence-electron chi connectivity index (χ1n) is 6.38. The zero-order valence-electron chi connectivity index (χ0n) is 10.7. The van der Waals surface area contributed by atoms with Crippen LogP contribution in [0, 0.1) is 0 Å². The Morgan fingerprint density at radius 3 is 3.00 bits per heavy atom. The maximum absolute atomic E-state index is 6.05. The number of halogens is 1. The number of hydrogen-bond acceptors (Lipinski definition) is 4. The van der Waals surface area contributed by atoms with Crippen LogP contribution in [-0.4, -0.2) is 29.6 Å². The zero-order valence-corrected chi connectivity index (χ0v) is 12.3. The summed E-state index contributed by atoms with van der Waals surface area (Å²) in [6.07, 6.45) is 5.96. The average molecular weight is 286 g/mol. The third-order valence-corrected chi connectivity index (χ3v) is 4.91. The van der Waals surface area contributed by atoms with Crippen molar-refractivity contribution in [1.82, 2.24) is 4.98 Å². The molecule has 1 aliphatic rings. The van der Waals surface area contributed by atoms with E-state index in [2.05, 4.69) is 16.1 Å². The number of rotatable bonds is 3. The van der Waals surface area contributed by atoms with E-state index in [-0.39, 0.29) is 0 Å². The number of pyridine rings is 1. The van der Waals surface area contributed by atoms with E-state index in [1.54, 1.807) is 0 Å². The van der Waals surface area contributed by atoms with E-state index < -0.39 is 0 Å². The van der Waals surface area contributed by atoms with Crippen LogP contribution in [0.4, 0.5) is 5.82 Å². The lowest BCUT2D eigenvalue weighted by molar-refractivity contribution is 0.745. The molecule has 2 N–H and O–H groups in total. The largest absolute Gasteiger partial charge is 0.357 e. The molecule has 1 aliphatic heterocycles. The van der Waals surface area contributed by atoms with Crippen molar-refractivity contribution in [2.75, 3.05) is 24.2 Å². The van der Waals surface area contributed by atoms with Gasteiger partial charge in [0.1, 0.15) is 5.82 Å². The molecule has 1 unspecified atom stereocenters. The van der Waals surface area contributed by atoms with Gasteiger partial charge in [-0.1, -0.05) is 11.6 Å². The molecular formula is C13H20ClN3S. The van der Waals surface area contributed by atoms with Gasteiger partial charge >= 0.3 is 0 Å². The Morgan fingerprint density at radius 1 is 1.44 bits per heavy atom. The number of nitrogens with zero attached hydrogens (tertiary/aromatic N) is 2. The van der Waals surface area contributed by atoms with E-state index in [9.17, 15) is 0 Å². The first kappa shape index (κ1) is 14.0. The summed E-state index contributed by atoms with van der Waals surface area (Å²) in [4.78, 5) is 6.92. The van der Waals surface area contributed by atoms with Crippen molar-refractivity contribution in [1.29, 1.82) is 0 Å². The molecule has 0 aromatic carbocycles. The molecule has 2 heterocycles. The maximum Gasteiger partial charge on any atom is 0.128 e. The van der Waals surface area contributed by atoms with Gasteiger partial charge in [0.15, 0.2) is 0 Å². The number of aromatic nitrogens is 1. The number of nitrogens with two attached hydrogens (primary N) is 1. The number of thioether (sulfide) groups is 1. The van der Waals surface area contributed by atoms with Crippen LogP contribution >= 0.6 is 23.4 Å². The fourth-order valence-corrected chi connectivity index (χ4v) is 3.25. The second-order valence-electron chi connectivity index (χ2n) is 4.58. The lowest BCUT2D eigenvalue weighted by Gasteiger charge is -2.22. The summed E-state index contributed by atoms with van der Waals surface area (Å²) in [5.74, 6) is 1.02. The van der Waals surface area contributed by atoms with Crippen LogP contribution in [0.5, 0.6) is 0 Å². The van der Waals surface area contributed by atoms with Gasteiger partial charge < -0.3 is 10.6 Å². The van der Waals surface area contributed by atoms with E-state index in [0.29, 0.717) is 11.6 Å². The SMILES string of the molecule is CSC1CCCN(c2ccc(Cl)c(CN)n2)CC1. The third-order valence-electron chi connectivity index (χ3n) is 3.43. The van der Waals surface area contributed by atoms with Gasteiger partial charge in [-0.15, -0.1) is 0 Å². The summed E-state index contributed by atoms with van der Waals surface area (Å²) < 4.78 is 0. The highest BCUT2D eigenvalue weighted by Gasteiger charge is 2.17. The van der Waals surface area contributed by atoms with Gasteiger partial charge in [-0.3, -0.25) is 0 Å². The molecule has 3 nitrogen and oxygen atoms in total. The van der Waals surface area contributed by atoms with Crippen molar-refractivity contribution < 1.29 is 0 Å². The second kappa shape index (κ2) is 6.64. The standard InChI is InChI=1S/C13H20ClN3S/c1-18-10-3-2-7-17(8-6-10)13-5-4-11(14)12(9-15)16-13/h4-5,10H,2-3,6-9,15H2,1H3. The lowest BCUT2D eigenvalue weighted by atomic mass is 10.2. The summed E-state index contributed by atoms with van der Waals surface area (Å²) in [6, 6.07) is 3.91. The van der Waals surface area contributed by atoms with E-state index >= 15 is 0 Å². The zero-order chi connectivity index (χ0) is 13.0. The molecule has 0 saturated carbocycles. The Morgan fingerprint density at radius 2 is 2.28 bits per heavy atom. The van der Waals surface area contributed by atoms with Gasteiger partial charge in [-0.2, -0.15) is 11.8 Å². The molecule has 18 heavy (non-hydrogen) atoms. The molecule has 0 radical (unpaired) electrons. The van der Waals surface area contributed by atoms with Crippen molar-refractivity contribution in [2.45, 2.75) is 31.1 Å². The minimum Gasteiger partial charge on any atom is -0.357 e. The summed E-state index contributed by atoms with van der Waals surface area (Å²) in [5, 5.41) is 1.45. The molecule has 2 rings (SSSR count). The van der Waals surface area contributed by atoms with Crippen molar-refractivity contribution in [3.05, 3.63) is 22.8 Å². The highest BCUT2D eigenvalue weighted by Crippen LogP contribution is 2.25. The monoisotopic (exact) mass is 285 g/mol. The summed E-state index contributed by atoms with van der Waals surface area (Å²) >= 11 is 8.03. The van der Waals surface area contributed by atoms with Crippen LogP contribution in [0.25, 0.3) is 0 Å². The predicted octanol–water partition coefficient (Wildman–Crippen LogP) is 2.92. The van der Waals surface area contributed by atoms with E-state index in [4.69, 9.17) is 17.3 Å². The first-order chi connectivity index (χ1) is 8.74. The van der Waals surface area contributed by atoms with Crippen LogP contribution < -0.4 is 10.6 Å². The van der Waals surface area contributed by atoms with E-state index in [0.717, 1.165) is 29.9 Å². The van der Waals surface area contributed by atoms with Crippen molar-refractivity contribution in [3.8, 4) is 0 Å². The highest BCUT2D eigenvalue weighted by atomic mass is 35.5. The quantitative estimate of drug-likeness (QED) is 0.927. The highest BCUT2D eigenvalue weighted by molar-refractivity contribution is 7.99. The van der Waals surface area contributed by atoms with E-state index in [1.807, 2.05) is 23.9 Å². The topological polar surface area (TPSA) is 42.1 Å². The third kappa shape index (κ3) is 3.31. The summed E-state index contributed by atoms with van der Waals surface area (Å²) in [5.41, 5.74) is 6.45.